The van der Waals surface area contributed by atoms with Crippen LogP contribution in [0.3, 0.4) is 0 Å². The molecule has 0 rings (SSSR count). The van der Waals surface area contributed by atoms with Crippen molar-refractivity contribution in [3.05, 3.63) is 0 Å². The van der Waals surface area contributed by atoms with E-state index in [9.17, 15) is 0 Å². The van der Waals surface area contributed by atoms with Crippen molar-refractivity contribution in [1.82, 2.24) is 10.2 Å². The molecule has 98 valence electrons. The van der Waals surface area contributed by atoms with Crippen LogP contribution < -0.4 is 5.32 Å². The van der Waals surface area contributed by atoms with Crippen molar-refractivity contribution >= 4 is 0 Å². The van der Waals surface area contributed by atoms with Gasteiger partial charge >= 0.3 is 0 Å². The van der Waals surface area contributed by atoms with Gasteiger partial charge in [0.05, 0.1) is 0 Å². The summed E-state index contributed by atoms with van der Waals surface area (Å²) in [5, 5.41) is 3.56. The van der Waals surface area contributed by atoms with E-state index in [0.29, 0.717) is 0 Å². The van der Waals surface area contributed by atoms with Gasteiger partial charge < -0.3 is 10.2 Å². The first-order chi connectivity index (χ1) is 7.50. The summed E-state index contributed by atoms with van der Waals surface area (Å²) in [7, 11) is 4.29. The van der Waals surface area contributed by atoms with E-state index in [0.717, 1.165) is 6.54 Å². The van der Waals surface area contributed by atoms with Gasteiger partial charge in [0.25, 0.3) is 0 Å². The van der Waals surface area contributed by atoms with Gasteiger partial charge in [-0.15, -0.1) is 0 Å². The molecule has 0 amide bonds. The lowest BCUT2D eigenvalue weighted by Crippen LogP contribution is -2.46. The standard InChI is InChI=1S/C14H32N2/c1-6-7-8-9-10-11-12-15-13-14(2,3)16(4)5/h15H,6-13H2,1-5H3. The van der Waals surface area contributed by atoms with Gasteiger partial charge in [-0.1, -0.05) is 39.0 Å². The van der Waals surface area contributed by atoms with Crippen LogP contribution in [0, 0.1) is 0 Å². The zero-order valence-electron chi connectivity index (χ0n) is 12.1. The molecule has 0 aromatic rings. The predicted octanol–water partition coefficient (Wildman–Crippen LogP) is 3.28. The number of unbranched alkanes of at least 4 members (excludes halogenated alkanes) is 5. The van der Waals surface area contributed by atoms with Crippen molar-refractivity contribution in [2.75, 3.05) is 27.2 Å². The number of hydrogen-bond donors (Lipinski definition) is 1. The van der Waals surface area contributed by atoms with E-state index in [4.69, 9.17) is 0 Å². The Kier molecular flexibility index (Phi) is 8.96. The first-order valence-electron chi connectivity index (χ1n) is 6.89. The Morgan fingerprint density at radius 1 is 0.938 bits per heavy atom. The third-order valence-corrected chi connectivity index (χ3v) is 3.48. The van der Waals surface area contributed by atoms with Crippen molar-refractivity contribution in [2.24, 2.45) is 0 Å². The van der Waals surface area contributed by atoms with Gasteiger partial charge in [0.1, 0.15) is 0 Å². The summed E-state index contributed by atoms with van der Waals surface area (Å²) in [5.41, 5.74) is 0.266. The monoisotopic (exact) mass is 228 g/mol. The molecule has 0 aliphatic heterocycles. The third kappa shape index (κ3) is 8.12. The summed E-state index contributed by atoms with van der Waals surface area (Å²) in [4.78, 5) is 2.28. The van der Waals surface area contributed by atoms with E-state index in [-0.39, 0.29) is 5.54 Å². The maximum absolute atomic E-state index is 3.56. The molecule has 0 saturated carbocycles. The largest absolute Gasteiger partial charge is 0.315 e. The molecule has 2 nitrogen and oxygen atoms in total. The van der Waals surface area contributed by atoms with Gasteiger partial charge in [0.15, 0.2) is 0 Å². The number of nitrogens with one attached hydrogen (secondary N) is 1. The van der Waals surface area contributed by atoms with Crippen LogP contribution in [0.15, 0.2) is 0 Å². The molecule has 0 bridgehead atoms. The van der Waals surface area contributed by atoms with Crippen molar-refractivity contribution in [3.8, 4) is 0 Å². The molecule has 0 aromatic heterocycles. The number of hydrogen-bond acceptors (Lipinski definition) is 2. The summed E-state index contributed by atoms with van der Waals surface area (Å²) < 4.78 is 0. The normalized spacial score (nSPS) is 12.4. The molecule has 2 heteroatoms. The molecule has 0 spiro atoms. The van der Waals surface area contributed by atoms with Crippen molar-refractivity contribution in [1.29, 1.82) is 0 Å². The maximum atomic E-state index is 3.56. The molecule has 0 aliphatic carbocycles. The number of nitrogens with zero attached hydrogens (tertiary/aromatic N) is 1. The van der Waals surface area contributed by atoms with Crippen LogP contribution >= 0.6 is 0 Å². The highest BCUT2D eigenvalue weighted by Gasteiger charge is 2.18. The molecular weight excluding hydrogens is 196 g/mol. The van der Waals surface area contributed by atoms with Crippen LogP contribution in [0.4, 0.5) is 0 Å². The van der Waals surface area contributed by atoms with E-state index in [1.807, 2.05) is 0 Å². The third-order valence-electron chi connectivity index (χ3n) is 3.48. The molecule has 0 aliphatic rings. The average molecular weight is 228 g/mol. The molecule has 0 fully saturated rings. The van der Waals surface area contributed by atoms with Gasteiger partial charge in [-0.3, -0.25) is 0 Å². The van der Waals surface area contributed by atoms with Crippen LogP contribution in [0.1, 0.15) is 59.3 Å². The summed E-state index contributed by atoms with van der Waals surface area (Å²) >= 11 is 0. The molecule has 0 atom stereocenters. The van der Waals surface area contributed by atoms with Gasteiger partial charge in [0, 0.05) is 12.1 Å². The Labute approximate surface area is 103 Å². The second-order valence-electron chi connectivity index (χ2n) is 5.65. The van der Waals surface area contributed by atoms with Crippen molar-refractivity contribution in [3.63, 3.8) is 0 Å². The van der Waals surface area contributed by atoms with E-state index >= 15 is 0 Å². The molecule has 0 saturated heterocycles. The fourth-order valence-corrected chi connectivity index (χ4v) is 1.58. The summed E-state index contributed by atoms with van der Waals surface area (Å²) in [6.45, 7) is 9.08. The SMILES string of the molecule is CCCCCCCCNCC(C)(C)N(C)C. The summed E-state index contributed by atoms with van der Waals surface area (Å²) in [6, 6.07) is 0. The maximum Gasteiger partial charge on any atom is 0.0271 e. The van der Waals surface area contributed by atoms with Gasteiger partial charge in [-0.2, -0.15) is 0 Å². The molecule has 0 heterocycles. The van der Waals surface area contributed by atoms with Crippen molar-refractivity contribution in [2.45, 2.75) is 64.8 Å². The van der Waals surface area contributed by atoms with Crippen molar-refractivity contribution < 1.29 is 0 Å². The predicted molar refractivity (Wildman–Crippen MR) is 74.0 cm³/mol. The first-order valence-corrected chi connectivity index (χ1v) is 6.89. The molecular formula is C14H32N2. The Morgan fingerprint density at radius 2 is 1.50 bits per heavy atom. The number of rotatable bonds is 10. The molecule has 1 N–H and O–H groups in total. The van der Waals surface area contributed by atoms with Gasteiger partial charge in [-0.25, -0.2) is 0 Å². The fraction of sp³-hybridized carbons (Fsp3) is 1.00. The number of likely N-dealkylation sites (N-methyl/N-ethyl adjacent to an activating group) is 1. The van der Waals surface area contributed by atoms with Crippen LogP contribution in [0.5, 0.6) is 0 Å². The Bertz CT molecular complexity index is 153. The molecule has 0 radical (unpaired) electrons. The minimum Gasteiger partial charge on any atom is -0.315 e. The van der Waals surface area contributed by atoms with Crippen LogP contribution in [-0.2, 0) is 0 Å². The average Bonchev–Trinajstić information content (AvgIpc) is 2.21. The lowest BCUT2D eigenvalue weighted by atomic mass is 10.0. The van der Waals surface area contributed by atoms with Crippen LogP contribution in [-0.4, -0.2) is 37.6 Å². The summed E-state index contributed by atoms with van der Waals surface area (Å²) in [5.74, 6) is 0. The zero-order valence-corrected chi connectivity index (χ0v) is 12.1. The quantitative estimate of drug-likeness (QED) is 0.577. The molecule has 0 aromatic carbocycles. The van der Waals surface area contributed by atoms with E-state index in [1.54, 1.807) is 0 Å². The van der Waals surface area contributed by atoms with E-state index in [1.165, 1.54) is 45.1 Å². The fourth-order valence-electron chi connectivity index (χ4n) is 1.58. The minimum absolute atomic E-state index is 0.266. The van der Waals surface area contributed by atoms with Gasteiger partial charge in [0.2, 0.25) is 0 Å². The van der Waals surface area contributed by atoms with Gasteiger partial charge in [-0.05, 0) is 40.9 Å². The summed E-state index contributed by atoms with van der Waals surface area (Å²) in [6.07, 6.45) is 8.28. The van der Waals surface area contributed by atoms with E-state index in [2.05, 4.69) is 45.1 Å². The van der Waals surface area contributed by atoms with E-state index < -0.39 is 0 Å². The van der Waals surface area contributed by atoms with Crippen LogP contribution in [0.25, 0.3) is 0 Å². The smallest absolute Gasteiger partial charge is 0.0271 e. The van der Waals surface area contributed by atoms with Crippen LogP contribution in [0.2, 0.25) is 0 Å². The minimum atomic E-state index is 0.266. The topological polar surface area (TPSA) is 15.3 Å². The highest BCUT2D eigenvalue weighted by atomic mass is 15.2. The zero-order chi connectivity index (χ0) is 12.4. The lowest BCUT2D eigenvalue weighted by Gasteiger charge is -2.32. The Morgan fingerprint density at radius 3 is 2.06 bits per heavy atom. The molecule has 16 heavy (non-hydrogen) atoms. The highest BCUT2D eigenvalue weighted by Crippen LogP contribution is 2.08. The first kappa shape index (κ1) is 15.9. The lowest BCUT2D eigenvalue weighted by molar-refractivity contribution is 0.190. The second kappa shape index (κ2) is 9.00. The molecule has 0 unspecified atom stereocenters. The highest BCUT2D eigenvalue weighted by molar-refractivity contribution is 4.79. The Balaban J connectivity index is 3.27. The second-order valence-corrected chi connectivity index (χ2v) is 5.65. The Hall–Kier alpha value is -0.0800.